The molecule has 0 aromatic heterocycles. The van der Waals surface area contributed by atoms with E-state index in [0.29, 0.717) is 12.5 Å². The Labute approximate surface area is 126 Å². The van der Waals surface area contributed by atoms with E-state index >= 15 is 0 Å². The van der Waals surface area contributed by atoms with E-state index < -0.39 is 0 Å². The quantitative estimate of drug-likeness (QED) is 0.664. The van der Waals surface area contributed by atoms with Gasteiger partial charge >= 0.3 is 0 Å². The number of halogens is 1. The molecule has 2 rings (SSSR count). The molecule has 0 bridgehead atoms. The minimum atomic E-state index is 0.306. The number of rotatable bonds is 7. The van der Waals surface area contributed by atoms with Crippen molar-refractivity contribution in [3.63, 3.8) is 0 Å². The third-order valence-corrected chi connectivity index (χ3v) is 4.38. The van der Waals surface area contributed by atoms with Gasteiger partial charge in [-0.05, 0) is 42.2 Å². The van der Waals surface area contributed by atoms with Gasteiger partial charge in [0.1, 0.15) is 0 Å². The molecule has 1 N–H and O–H groups in total. The summed E-state index contributed by atoms with van der Waals surface area (Å²) in [6, 6.07) is 12.6. The molecule has 2 aromatic rings. The first-order valence-electron chi connectivity index (χ1n) is 7.56. The Bertz CT molecular complexity index is 550. The Morgan fingerprint density at radius 2 is 1.75 bits per heavy atom. The standard InChI is InChI=1S/C18H23ClO/c1-2-14(8-4-3-5-13-20)15-9-6-11-17-16(15)10-7-12-18(17)19/h6-7,9-12,14,20H,2-5,8,13H2,1H3. The highest BCUT2D eigenvalue weighted by atomic mass is 35.5. The SMILES string of the molecule is CCC(CCCCCO)c1cccc2c(Cl)cccc12. The number of unbranched alkanes of at least 4 members (excludes halogenated alkanes) is 2. The summed E-state index contributed by atoms with van der Waals surface area (Å²) in [5, 5.41) is 12.1. The van der Waals surface area contributed by atoms with Gasteiger partial charge in [0.05, 0.1) is 0 Å². The van der Waals surface area contributed by atoms with E-state index in [1.54, 1.807) is 0 Å². The largest absolute Gasteiger partial charge is 0.396 e. The van der Waals surface area contributed by atoms with E-state index in [0.717, 1.165) is 29.7 Å². The van der Waals surface area contributed by atoms with E-state index in [1.807, 2.05) is 12.1 Å². The molecule has 1 atom stereocenters. The fourth-order valence-corrected chi connectivity index (χ4v) is 3.15. The lowest BCUT2D eigenvalue weighted by Gasteiger charge is -2.18. The molecule has 0 heterocycles. The zero-order chi connectivity index (χ0) is 14.4. The smallest absolute Gasteiger partial charge is 0.0484 e. The molecule has 0 amide bonds. The van der Waals surface area contributed by atoms with Crippen LogP contribution in [0, 0.1) is 0 Å². The molecule has 20 heavy (non-hydrogen) atoms. The summed E-state index contributed by atoms with van der Waals surface area (Å²) in [4.78, 5) is 0. The maximum Gasteiger partial charge on any atom is 0.0484 e. The first kappa shape index (κ1) is 15.3. The van der Waals surface area contributed by atoms with Gasteiger partial charge in [0.15, 0.2) is 0 Å². The summed E-state index contributed by atoms with van der Waals surface area (Å²) in [5.74, 6) is 0.579. The van der Waals surface area contributed by atoms with Crippen molar-refractivity contribution >= 4 is 22.4 Å². The van der Waals surface area contributed by atoms with Crippen LogP contribution >= 0.6 is 11.6 Å². The van der Waals surface area contributed by atoms with Gasteiger partial charge in [-0.15, -0.1) is 0 Å². The normalized spacial score (nSPS) is 12.8. The van der Waals surface area contributed by atoms with Crippen LogP contribution in [0.1, 0.15) is 50.5 Å². The Morgan fingerprint density at radius 3 is 2.50 bits per heavy atom. The second-order valence-electron chi connectivity index (χ2n) is 5.36. The number of benzene rings is 2. The van der Waals surface area contributed by atoms with Gasteiger partial charge in [-0.3, -0.25) is 0 Å². The van der Waals surface area contributed by atoms with Gasteiger partial charge in [-0.2, -0.15) is 0 Å². The van der Waals surface area contributed by atoms with Gasteiger partial charge in [0, 0.05) is 17.0 Å². The Kier molecular flexibility index (Phi) is 5.87. The zero-order valence-electron chi connectivity index (χ0n) is 12.1. The molecule has 2 aromatic carbocycles. The second-order valence-corrected chi connectivity index (χ2v) is 5.77. The van der Waals surface area contributed by atoms with Crippen molar-refractivity contribution in [3.05, 3.63) is 47.0 Å². The minimum Gasteiger partial charge on any atom is -0.396 e. The molecule has 0 aliphatic rings. The molecule has 0 radical (unpaired) electrons. The number of aliphatic hydroxyl groups is 1. The van der Waals surface area contributed by atoms with Gasteiger partial charge in [-0.25, -0.2) is 0 Å². The predicted octanol–water partition coefficient (Wildman–Crippen LogP) is 5.54. The molecule has 0 aliphatic carbocycles. The zero-order valence-corrected chi connectivity index (χ0v) is 12.9. The van der Waals surface area contributed by atoms with Crippen molar-refractivity contribution in [2.24, 2.45) is 0 Å². The van der Waals surface area contributed by atoms with Crippen LogP contribution in [-0.4, -0.2) is 11.7 Å². The first-order valence-corrected chi connectivity index (χ1v) is 7.93. The van der Waals surface area contributed by atoms with E-state index in [2.05, 4.69) is 31.2 Å². The summed E-state index contributed by atoms with van der Waals surface area (Å²) in [6.45, 7) is 2.56. The Balaban J connectivity index is 2.23. The summed E-state index contributed by atoms with van der Waals surface area (Å²) in [6.07, 6.45) is 5.53. The summed E-state index contributed by atoms with van der Waals surface area (Å²) in [7, 11) is 0. The van der Waals surface area contributed by atoms with Gasteiger partial charge in [0.2, 0.25) is 0 Å². The summed E-state index contributed by atoms with van der Waals surface area (Å²) in [5.41, 5.74) is 1.41. The highest BCUT2D eigenvalue weighted by Crippen LogP contribution is 2.34. The number of aliphatic hydroxyl groups excluding tert-OH is 1. The van der Waals surface area contributed by atoms with Crippen LogP contribution in [0.4, 0.5) is 0 Å². The van der Waals surface area contributed by atoms with E-state index in [-0.39, 0.29) is 0 Å². The number of hydrogen-bond acceptors (Lipinski definition) is 1. The molecule has 108 valence electrons. The lowest BCUT2D eigenvalue weighted by molar-refractivity contribution is 0.281. The van der Waals surface area contributed by atoms with E-state index in [9.17, 15) is 0 Å². The fourth-order valence-electron chi connectivity index (χ4n) is 2.91. The average Bonchev–Trinajstić information content (AvgIpc) is 2.48. The van der Waals surface area contributed by atoms with Crippen molar-refractivity contribution in [2.45, 2.75) is 44.9 Å². The van der Waals surface area contributed by atoms with E-state index in [4.69, 9.17) is 16.7 Å². The molecular formula is C18H23ClO. The van der Waals surface area contributed by atoms with Crippen LogP contribution in [0.15, 0.2) is 36.4 Å². The Morgan fingerprint density at radius 1 is 1.00 bits per heavy atom. The number of fused-ring (bicyclic) bond motifs is 1. The van der Waals surface area contributed by atoms with Crippen molar-refractivity contribution in [2.75, 3.05) is 6.61 Å². The van der Waals surface area contributed by atoms with Gasteiger partial charge < -0.3 is 5.11 Å². The van der Waals surface area contributed by atoms with E-state index in [1.165, 1.54) is 23.8 Å². The maximum atomic E-state index is 8.86. The van der Waals surface area contributed by atoms with Crippen molar-refractivity contribution < 1.29 is 5.11 Å². The van der Waals surface area contributed by atoms with Gasteiger partial charge in [-0.1, -0.05) is 61.7 Å². The summed E-state index contributed by atoms with van der Waals surface area (Å²) < 4.78 is 0. The molecule has 0 fully saturated rings. The lowest BCUT2D eigenvalue weighted by atomic mass is 9.87. The molecule has 0 saturated heterocycles. The van der Waals surface area contributed by atoms with Crippen LogP contribution in [0.2, 0.25) is 5.02 Å². The minimum absolute atomic E-state index is 0.306. The van der Waals surface area contributed by atoms with Crippen molar-refractivity contribution in [3.8, 4) is 0 Å². The molecular weight excluding hydrogens is 268 g/mol. The highest BCUT2D eigenvalue weighted by molar-refractivity contribution is 6.35. The fraction of sp³-hybridized carbons (Fsp3) is 0.444. The number of hydrogen-bond donors (Lipinski definition) is 1. The molecule has 0 saturated carbocycles. The molecule has 2 heteroatoms. The van der Waals surface area contributed by atoms with Crippen molar-refractivity contribution in [1.29, 1.82) is 0 Å². The third kappa shape index (κ3) is 3.53. The molecule has 0 aliphatic heterocycles. The van der Waals surface area contributed by atoms with Crippen LogP contribution in [0.5, 0.6) is 0 Å². The van der Waals surface area contributed by atoms with Crippen molar-refractivity contribution in [1.82, 2.24) is 0 Å². The molecule has 1 nitrogen and oxygen atoms in total. The van der Waals surface area contributed by atoms with Crippen LogP contribution < -0.4 is 0 Å². The second kappa shape index (κ2) is 7.66. The highest BCUT2D eigenvalue weighted by Gasteiger charge is 2.13. The monoisotopic (exact) mass is 290 g/mol. The van der Waals surface area contributed by atoms with Gasteiger partial charge in [0.25, 0.3) is 0 Å². The topological polar surface area (TPSA) is 20.2 Å². The summed E-state index contributed by atoms with van der Waals surface area (Å²) >= 11 is 6.29. The maximum absolute atomic E-state index is 8.86. The van der Waals surface area contributed by atoms with Crippen LogP contribution in [-0.2, 0) is 0 Å². The Hall–Kier alpha value is -1.05. The molecule has 1 unspecified atom stereocenters. The molecule has 0 spiro atoms. The van der Waals surface area contributed by atoms with Crippen LogP contribution in [0.3, 0.4) is 0 Å². The lowest BCUT2D eigenvalue weighted by Crippen LogP contribution is -1.99. The van der Waals surface area contributed by atoms with Crippen LogP contribution in [0.25, 0.3) is 10.8 Å². The first-order chi connectivity index (χ1) is 9.77. The average molecular weight is 291 g/mol. The third-order valence-electron chi connectivity index (χ3n) is 4.05. The predicted molar refractivity (Wildman–Crippen MR) is 87.5 cm³/mol.